The lowest BCUT2D eigenvalue weighted by molar-refractivity contribution is 0.481. The molecule has 1 unspecified atom stereocenters. The molecule has 0 spiro atoms. The minimum atomic E-state index is -0.704. The molecule has 4 N–H and O–H groups in total. The van der Waals surface area contributed by atoms with Gasteiger partial charge in [-0.15, -0.1) is 36.2 Å². The standard InChI is InChI=1S/C10H10N4S.2ClH/c11-10(9-12-5-6-15-9)7-3-1-2-4-8(7)13-14-10;;/h1-6,13-14H,11H2;2*1H. The number of hydrogen-bond donors (Lipinski definition) is 3. The molecule has 92 valence electrons. The molecule has 0 radical (unpaired) electrons. The molecule has 7 heteroatoms. The summed E-state index contributed by atoms with van der Waals surface area (Å²) in [5.41, 5.74) is 13.8. The summed E-state index contributed by atoms with van der Waals surface area (Å²) in [5.74, 6) is 0. The van der Waals surface area contributed by atoms with E-state index < -0.39 is 5.66 Å². The molecular formula is C10H12Cl2N4S. The van der Waals surface area contributed by atoms with Crippen molar-refractivity contribution in [3.63, 3.8) is 0 Å². The molecule has 1 aromatic carbocycles. The second kappa shape index (κ2) is 5.20. The van der Waals surface area contributed by atoms with E-state index in [1.54, 1.807) is 17.5 Å². The number of anilines is 1. The van der Waals surface area contributed by atoms with Crippen LogP contribution in [0.3, 0.4) is 0 Å². The van der Waals surface area contributed by atoms with Gasteiger partial charge in [-0.25, -0.2) is 10.4 Å². The van der Waals surface area contributed by atoms with Crippen molar-refractivity contribution >= 4 is 41.8 Å². The van der Waals surface area contributed by atoms with Crippen LogP contribution in [0.4, 0.5) is 5.69 Å². The Morgan fingerprint density at radius 1 is 1.24 bits per heavy atom. The molecule has 0 saturated carbocycles. The first-order valence-electron chi connectivity index (χ1n) is 4.62. The van der Waals surface area contributed by atoms with E-state index in [2.05, 4.69) is 15.8 Å². The summed E-state index contributed by atoms with van der Waals surface area (Å²) >= 11 is 1.54. The minimum absolute atomic E-state index is 0. The number of hydrogen-bond acceptors (Lipinski definition) is 5. The summed E-state index contributed by atoms with van der Waals surface area (Å²) in [7, 11) is 0. The maximum Gasteiger partial charge on any atom is 0.164 e. The van der Waals surface area contributed by atoms with Gasteiger partial charge in [0.1, 0.15) is 5.01 Å². The number of para-hydroxylation sites is 1. The number of thiazole rings is 1. The highest BCUT2D eigenvalue weighted by atomic mass is 35.5. The van der Waals surface area contributed by atoms with Crippen molar-refractivity contribution in [2.45, 2.75) is 5.66 Å². The first kappa shape index (κ1) is 14.2. The quantitative estimate of drug-likeness (QED) is 0.752. The lowest BCUT2D eigenvalue weighted by Crippen LogP contribution is -2.48. The van der Waals surface area contributed by atoms with E-state index in [0.717, 1.165) is 16.3 Å². The zero-order valence-electron chi connectivity index (χ0n) is 8.71. The van der Waals surface area contributed by atoms with Crippen LogP contribution in [0.5, 0.6) is 0 Å². The Morgan fingerprint density at radius 2 is 2.00 bits per heavy atom. The monoisotopic (exact) mass is 290 g/mol. The maximum atomic E-state index is 6.31. The lowest BCUT2D eigenvalue weighted by atomic mass is 10.0. The van der Waals surface area contributed by atoms with Gasteiger partial charge >= 0.3 is 0 Å². The molecule has 1 aromatic heterocycles. The smallest absolute Gasteiger partial charge is 0.164 e. The largest absolute Gasteiger partial charge is 0.319 e. The molecule has 3 rings (SSSR count). The third-order valence-corrected chi connectivity index (χ3v) is 3.42. The Morgan fingerprint density at radius 3 is 2.71 bits per heavy atom. The number of nitrogens with two attached hydrogens (primary N) is 1. The summed E-state index contributed by atoms with van der Waals surface area (Å²) in [6, 6.07) is 7.94. The van der Waals surface area contributed by atoms with E-state index in [9.17, 15) is 0 Å². The SMILES string of the molecule is Cl.Cl.NC1(c2nccs2)NNc2ccccc21. The summed E-state index contributed by atoms with van der Waals surface area (Å²) in [6.45, 7) is 0. The Bertz CT molecular complexity index is 491. The number of aromatic nitrogens is 1. The number of hydrazine groups is 1. The van der Waals surface area contributed by atoms with E-state index >= 15 is 0 Å². The predicted molar refractivity (Wildman–Crippen MR) is 74.8 cm³/mol. The van der Waals surface area contributed by atoms with Crippen molar-refractivity contribution in [1.29, 1.82) is 0 Å². The molecule has 0 fully saturated rings. The minimum Gasteiger partial charge on any atom is -0.319 e. The highest BCUT2D eigenvalue weighted by Crippen LogP contribution is 2.34. The van der Waals surface area contributed by atoms with Gasteiger partial charge in [0.05, 0.1) is 5.69 Å². The van der Waals surface area contributed by atoms with E-state index in [1.807, 2.05) is 29.6 Å². The molecular weight excluding hydrogens is 279 g/mol. The molecule has 0 saturated heterocycles. The van der Waals surface area contributed by atoms with Crippen LogP contribution in [0.25, 0.3) is 0 Å². The van der Waals surface area contributed by atoms with Crippen LogP contribution in [-0.2, 0) is 5.66 Å². The van der Waals surface area contributed by atoms with Gasteiger partial charge in [-0.2, -0.15) is 0 Å². The van der Waals surface area contributed by atoms with E-state index in [1.165, 1.54) is 0 Å². The molecule has 2 aromatic rings. The number of rotatable bonds is 1. The Kier molecular flexibility index (Phi) is 4.35. The molecule has 1 aliphatic heterocycles. The zero-order valence-corrected chi connectivity index (χ0v) is 11.2. The topological polar surface area (TPSA) is 63.0 Å². The van der Waals surface area contributed by atoms with E-state index in [0.29, 0.717) is 0 Å². The van der Waals surface area contributed by atoms with Gasteiger partial charge in [0.2, 0.25) is 0 Å². The van der Waals surface area contributed by atoms with Gasteiger partial charge in [-0.3, -0.25) is 0 Å². The second-order valence-corrected chi connectivity index (χ2v) is 4.34. The van der Waals surface area contributed by atoms with Gasteiger partial charge < -0.3 is 11.2 Å². The Hall–Kier alpha value is -0.850. The lowest BCUT2D eigenvalue weighted by Gasteiger charge is -2.21. The van der Waals surface area contributed by atoms with Gasteiger partial charge in [0, 0.05) is 17.1 Å². The molecule has 0 bridgehead atoms. The zero-order chi connectivity index (χ0) is 10.3. The summed E-state index contributed by atoms with van der Waals surface area (Å²) in [6.07, 6.45) is 1.76. The molecule has 1 atom stereocenters. The molecule has 17 heavy (non-hydrogen) atoms. The van der Waals surface area contributed by atoms with Gasteiger partial charge in [0.15, 0.2) is 5.66 Å². The fraction of sp³-hybridized carbons (Fsp3) is 0.100. The van der Waals surface area contributed by atoms with Crippen LogP contribution < -0.4 is 16.6 Å². The third-order valence-electron chi connectivity index (χ3n) is 2.52. The number of nitrogens with zero attached hydrogens (tertiary/aromatic N) is 1. The van der Waals surface area contributed by atoms with Gasteiger partial charge in [0.25, 0.3) is 0 Å². The Labute approximate surface area is 115 Å². The average molecular weight is 291 g/mol. The fourth-order valence-electron chi connectivity index (χ4n) is 1.76. The van der Waals surface area contributed by atoms with Crippen molar-refractivity contribution in [2.24, 2.45) is 5.73 Å². The summed E-state index contributed by atoms with van der Waals surface area (Å²) in [5, 5.41) is 2.78. The highest BCUT2D eigenvalue weighted by Gasteiger charge is 2.38. The Balaban J connectivity index is 0.000000722. The second-order valence-electron chi connectivity index (χ2n) is 3.44. The van der Waals surface area contributed by atoms with Crippen molar-refractivity contribution in [2.75, 3.05) is 5.43 Å². The van der Waals surface area contributed by atoms with Crippen LogP contribution in [0.1, 0.15) is 10.6 Å². The summed E-state index contributed by atoms with van der Waals surface area (Å²) in [4.78, 5) is 4.26. The molecule has 1 aliphatic rings. The van der Waals surface area contributed by atoms with Gasteiger partial charge in [-0.05, 0) is 6.07 Å². The van der Waals surface area contributed by atoms with E-state index in [-0.39, 0.29) is 24.8 Å². The molecule has 4 nitrogen and oxygen atoms in total. The predicted octanol–water partition coefficient (Wildman–Crippen LogP) is 2.08. The van der Waals surface area contributed by atoms with Crippen molar-refractivity contribution in [1.82, 2.24) is 10.4 Å². The van der Waals surface area contributed by atoms with Crippen molar-refractivity contribution in [3.8, 4) is 0 Å². The first-order chi connectivity index (χ1) is 7.31. The van der Waals surface area contributed by atoms with Crippen LogP contribution in [-0.4, -0.2) is 4.98 Å². The fourth-order valence-corrected chi connectivity index (χ4v) is 2.48. The maximum absolute atomic E-state index is 6.31. The van der Waals surface area contributed by atoms with Crippen molar-refractivity contribution < 1.29 is 0 Å². The van der Waals surface area contributed by atoms with Crippen LogP contribution in [0, 0.1) is 0 Å². The summed E-state index contributed by atoms with van der Waals surface area (Å²) < 4.78 is 0. The number of nitrogens with one attached hydrogen (secondary N) is 2. The molecule has 0 amide bonds. The van der Waals surface area contributed by atoms with Gasteiger partial charge in [-0.1, -0.05) is 18.2 Å². The molecule has 0 aliphatic carbocycles. The molecule has 2 heterocycles. The highest BCUT2D eigenvalue weighted by molar-refractivity contribution is 7.09. The normalized spacial score (nSPS) is 20.8. The number of fused-ring (bicyclic) bond motifs is 1. The van der Waals surface area contributed by atoms with E-state index in [4.69, 9.17) is 5.73 Å². The van der Waals surface area contributed by atoms with Crippen LogP contribution in [0.2, 0.25) is 0 Å². The first-order valence-corrected chi connectivity index (χ1v) is 5.50. The van der Waals surface area contributed by atoms with Crippen LogP contribution >= 0.6 is 36.2 Å². The number of halogens is 2. The third kappa shape index (κ3) is 2.12. The van der Waals surface area contributed by atoms with Crippen LogP contribution in [0.15, 0.2) is 35.8 Å². The van der Waals surface area contributed by atoms with Crippen molar-refractivity contribution in [3.05, 3.63) is 46.4 Å². The average Bonchev–Trinajstić information content (AvgIpc) is 2.88. The number of benzene rings is 1.